The molecule has 0 heterocycles. The Morgan fingerprint density at radius 3 is 1.85 bits per heavy atom. The summed E-state index contributed by atoms with van der Waals surface area (Å²) in [6.07, 6.45) is -0.502. The highest BCUT2D eigenvalue weighted by Crippen LogP contribution is 1.88. The molecule has 82 valence electrons. The molecule has 0 aromatic heterocycles. The Labute approximate surface area is 78.6 Å². The molecule has 0 radical (unpaired) electrons. The fraction of sp³-hybridized carbons (Fsp3) is 1.00. The Kier molecular flexibility index (Phi) is 13.9. The van der Waals surface area contributed by atoms with E-state index in [4.69, 9.17) is 20.4 Å². The zero-order chi connectivity index (χ0) is 10.7. The lowest BCUT2D eigenvalue weighted by atomic mass is 10.3. The molecule has 13 heavy (non-hydrogen) atoms. The van der Waals surface area contributed by atoms with Crippen molar-refractivity contribution in [3.8, 4) is 0 Å². The van der Waals surface area contributed by atoms with E-state index in [0.717, 1.165) is 6.42 Å². The van der Waals surface area contributed by atoms with Gasteiger partial charge in [-0.1, -0.05) is 13.3 Å². The van der Waals surface area contributed by atoms with E-state index in [-0.39, 0.29) is 13.2 Å². The average Bonchev–Trinajstić information content (AvgIpc) is 2.05. The first kappa shape index (κ1) is 15.3. The van der Waals surface area contributed by atoms with Crippen molar-refractivity contribution in [1.82, 2.24) is 0 Å². The number of hydrogen-bond donors (Lipinski definition) is 4. The summed E-state index contributed by atoms with van der Waals surface area (Å²) in [6, 6.07) is 0. The predicted molar refractivity (Wildman–Crippen MR) is 48.1 cm³/mol. The smallest absolute Gasteiger partial charge is 0.151 e. The summed E-state index contributed by atoms with van der Waals surface area (Å²) in [5, 5.41) is 32.8. The van der Waals surface area contributed by atoms with Gasteiger partial charge in [0.15, 0.2) is 6.29 Å². The van der Waals surface area contributed by atoms with Crippen molar-refractivity contribution in [2.45, 2.75) is 32.2 Å². The van der Waals surface area contributed by atoms with Crippen molar-refractivity contribution in [2.75, 3.05) is 20.3 Å². The molecular formula is C8H20O5. The van der Waals surface area contributed by atoms with Gasteiger partial charge in [0, 0.05) is 7.11 Å². The van der Waals surface area contributed by atoms with E-state index in [2.05, 4.69) is 4.74 Å². The SMILES string of the molecule is CCCC(O)O.COCC(O)CO. The molecule has 5 nitrogen and oxygen atoms in total. The quantitative estimate of drug-likeness (QED) is 0.427. The fourth-order valence-corrected chi connectivity index (χ4v) is 0.503. The van der Waals surface area contributed by atoms with Gasteiger partial charge >= 0.3 is 0 Å². The second-order valence-corrected chi connectivity index (χ2v) is 2.56. The van der Waals surface area contributed by atoms with Gasteiger partial charge in [-0.05, 0) is 6.42 Å². The molecule has 0 bridgehead atoms. The monoisotopic (exact) mass is 196 g/mol. The molecule has 0 saturated heterocycles. The maximum Gasteiger partial charge on any atom is 0.151 e. The van der Waals surface area contributed by atoms with E-state index in [9.17, 15) is 0 Å². The van der Waals surface area contributed by atoms with Crippen LogP contribution in [-0.2, 0) is 4.74 Å². The first-order valence-corrected chi connectivity index (χ1v) is 4.22. The van der Waals surface area contributed by atoms with Crippen LogP contribution in [-0.4, -0.2) is 53.1 Å². The van der Waals surface area contributed by atoms with Crippen LogP contribution in [0.15, 0.2) is 0 Å². The molecular weight excluding hydrogens is 176 g/mol. The van der Waals surface area contributed by atoms with Crippen LogP contribution < -0.4 is 0 Å². The number of methoxy groups -OCH3 is 1. The molecule has 0 aromatic carbocycles. The van der Waals surface area contributed by atoms with Crippen molar-refractivity contribution in [2.24, 2.45) is 0 Å². The maximum atomic E-state index is 8.48. The molecule has 0 aliphatic carbocycles. The van der Waals surface area contributed by atoms with Crippen LogP contribution in [0.3, 0.4) is 0 Å². The zero-order valence-corrected chi connectivity index (χ0v) is 8.18. The lowest BCUT2D eigenvalue weighted by Crippen LogP contribution is -2.17. The second-order valence-electron chi connectivity index (χ2n) is 2.56. The highest BCUT2D eigenvalue weighted by Gasteiger charge is 1.96. The van der Waals surface area contributed by atoms with Crippen molar-refractivity contribution >= 4 is 0 Å². The molecule has 1 unspecified atom stereocenters. The maximum absolute atomic E-state index is 8.48. The van der Waals surface area contributed by atoms with E-state index < -0.39 is 12.4 Å². The minimum Gasteiger partial charge on any atom is -0.394 e. The van der Waals surface area contributed by atoms with E-state index >= 15 is 0 Å². The summed E-state index contributed by atoms with van der Waals surface area (Å²) in [5.74, 6) is 0. The summed E-state index contributed by atoms with van der Waals surface area (Å²) in [6.45, 7) is 1.88. The number of rotatable bonds is 5. The molecule has 0 aliphatic rings. The first-order valence-electron chi connectivity index (χ1n) is 4.22. The number of hydrogen-bond acceptors (Lipinski definition) is 5. The van der Waals surface area contributed by atoms with E-state index in [1.54, 1.807) is 0 Å². The van der Waals surface area contributed by atoms with Crippen LogP contribution in [0.1, 0.15) is 19.8 Å². The van der Waals surface area contributed by atoms with Gasteiger partial charge < -0.3 is 25.2 Å². The van der Waals surface area contributed by atoms with Crippen molar-refractivity contribution in [3.63, 3.8) is 0 Å². The van der Waals surface area contributed by atoms with E-state index in [1.807, 2.05) is 6.92 Å². The Morgan fingerprint density at radius 2 is 1.77 bits per heavy atom. The van der Waals surface area contributed by atoms with Gasteiger partial charge in [0.05, 0.1) is 13.2 Å². The third-order valence-corrected chi connectivity index (χ3v) is 1.12. The lowest BCUT2D eigenvalue weighted by molar-refractivity contribution is -0.0453. The number of ether oxygens (including phenoxy) is 1. The lowest BCUT2D eigenvalue weighted by Gasteiger charge is -2.01. The van der Waals surface area contributed by atoms with Gasteiger partial charge in [-0.3, -0.25) is 0 Å². The number of aliphatic hydroxyl groups excluding tert-OH is 3. The van der Waals surface area contributed by atoms with Crippen molar-refractivity contribution < 1.29 is 25.2 Å². The number of aliphatic hydroxyl groups is 4. The second kappa shape index (κ2) is 11.8. The third kappa shape index (κ3) is 18.6. The highest BCUT2D eigenvalue weighted by molar-refractivity contribution is 4.46. The molecule has 1 atom stereocenters. The van der Waals surface area contributed by atoms with Gasteiger partial charge in [-0.25, -0.2) is 0 Å². The Bertz CT molecular complexity index is 86.6. The largest absolute Gasteiger partial charge is 0.394 e. The molecule has 4 N–H and O–H groups in total. The summed E-state index contributed by atoms with van der Waals surface area (Å²) < 4.78 is 4.48. The van der Waals surface area contributed by atoms with Gasteiger partial charge in [-0.2, -0.15) is 0 Å². The zero-order valence-electron chi connectivity index (χ0n) is 8.18. The summed E-state index contributed by atoms with van der Waals surface area (Å²) in [7, 11) is 1.47. The molecule has 0 saturated carbocycles. The summed E-state index contributed by atoms with van der Waals surface area (Å²) in [4.78, 5) is 0. The normalized spacial score (nSPS) is 12.2. The van der Waals surface area contributed by atoms with Crippen molar-refractivity contribution in [1.29, 1.82) is 0 Å². The van der Waals surface area contributed by atoms with Gasteiger partial charge in [0.2, 0.25) is 0 Å². The summed E-state index contributed by atoms with van der Waals surface area (Å²) >= 11 is 0. The van der Waals surface area contributed by atoms with Gasteiger partial charge in [0.25, 0.3) is 0 Å². The van der Waals surface area contributed by atoms with Crippen LogP contribution in [0.5, 0.6) is 0 Å². The molecule has 5 heteroatoms. The highest BCUT2D eigenvalue weighted by atomic mass is 16.5. The molecule has 0 aliphatic heterocycles. The molecule has 0 rings (SSSR count). The van der Waals surface area contributed by atoms with E-state index in [1.165, 1.54) is 7.11 Å². The Hall–Kier alpha value is -0.200. The molecule has 0 fully saturated rings. The topological polar surface area (TPSA) is 90.2 Å². The van der Waals surface area contributed by atoms with Crippen LogP contribution in [0, 0.1) is 0 Å². The van der Waals surface area contributed by atoms with Crippen LogP contribution in [0.4, 0.5) is 0 Å². The molecule has 0 spiro atoms. The average molecular weight is 196 g/mol. The summed E-state index contributed by atoms with van der Waals surface area (Å²) in [5.41, 5.74) is 0. The van der Waals surface area contributed by atoms with Gasteiger partial charge in [0.1, 0.15) is 6.10 Å². The molecule has 0 aromatic rings. The van der Waals surface area contributed by atoms with Crippen LogP contribution in [0.2, 0.25) is 0 Å². The standard InChI is InChI=1S/C4H10O3.C4H10O2/c1-7-3-4(6)2-5;1-2-3-4(5)6/h4-6H,2-3H2,1H3;4-6H,2-3H2,1H3. The van der Waals surface area contributed by atoms with Crippen LogP contribution in [0.25, 0.3) is 0 Å². The first-order chi connectivity index (χ1) is 6.08. The molecule has 0 amide bonds. The van der Waals surface area contributed by atoms with E-state index in [0.29, 0.717) is 6.42 Å². The third-order valence-electron chi connectivity index (χ3n) is 1.12. The van der Waals surface area contributed by atoms with Gasteiger partial charge in [-0.15, -0.1) is 0 Å². The minimum atomic E-state index is -1.10. The fourth-order valence-electron chi connectivity index (χ4n) is 0.503. The minimum absolute atomic E-state index is 0.205. The van der Waals surface area contributed by atoms with Crippen LogP contribution >= 0.6 is 0 Å². The Balaban J connectivity index is 0. The predicted octanol–water partition coefficient (Wildman–Crippen LogP) is -0.917. The van der Waals surface area contributed by atoms with Crippen molar-refractivity contribution in [3.05, 3.63) is 0 Å². The Morgan fingerprint density at radius 1 is 1.23 bits per heavy atom.